The molecule has 0 fully saturated rings. The van der Waals surface area contributed by atoms with E-state index in [2.05, 4.69) is 31.7 Å². The molecule has 0 aliphatic carbocycles. The van der Waals surface area contributed by atoms with E-state index >= 15 is 0 Å². The van der Waals surface area contributed by atoms with E-state index in [9.17, 15) is 9.59 Å². The van der Waals surface area contributed by atoms with Crippen molar-refractivity contribution < 1.29 is 14.0 Å². The molecule has 0 saturated heterocycles. The zero-order valence-electron chi connectivity index (χ0n) is 15.6. The quantitative estimate of drug-likeness (QED) is 0.585. The Labute approximate surface area is 171 Å². The Hall–Kier alpha value is -2.87. The van der Waals surface area contributed by atoms with E-state index in [-0.39, 0.29) is 24.3 Å². The highest BCUT2D eigenvalue weighted by atomic mass is 79.9. The van der Waals surface area contributed by atoms with Gasteiger partial charge in [0.2, 0.25) is 5.91 Å². The Morgan fingerprint density at radius 3 is 2.64 bits per heavy atom. The molecule has 146 valence electrons. The second-order valence-corrected chi connectivity index (χ2v) is 7.27. The fourth-order valence-electron chi connectivity index (χ4n) is 2.87. The average Bonchev–Trinajstić information content (AvgIpc) is 3.26. The molecule has 0 saturated carbocycles. The first-order valence-electron chi connectivity index (χ1n) is 8.86. The molecule has 0 bridgehead atoms. The van der Waals surface area contributed by atoms with Gasteiger partial charge in [0.05, 0.1) is 17.9 Å². The molecular formula is C20H21BrN4O3. The number of carbonyl (C=O) groups excluding carboxylic acids is 2. The standard InChI is InChI=1S/C20H21BrN4O3/c1-13(23-19(26)12-22-20(27)17-8-9-18(21)28-17)10-16-11-14(2)24-25(16)15-6-4-3-5-7-15/h3-9,11,13H,10,12H2,1-2H3,(H,22,27)(H,23,26)/t13-/m0/s1. The second-order valence-electron chi connectivity index (χ2n) is 6.48. The average molecular weight is 445 g/mol. The summed E-state index contributed by atoms with van der Waals surface area (Å²) in [5.41, 5.74) is 2.89. The van der Waals surface area contributed by atoms with Gasteiger partial charge in [-0.05, 0) is 60.1 Å². The van der Waals surface area contributed by atoms with Gasteiger partial charge in [-0.15, -0.1) is 0 Å². The first-order valence-corrected chi connectivity index (χ1v) is 9.65. The molecule has 8 heteroatoms. The van der Waals surface area contributed by atoms with Crippen LogP contribution in [0.1, 0.15) is 28.9 Å². The molecule has 0 spiro atoms. The summed E-state index contributed by atoms with van der Waals surface area (Å²) in [7, 11) is 0. The van der Waals surface area contributed by atoms with Crippen LogP contribution in [-0.2, 0) is 11.2 Å². The summed E-state index contributed by atoms with van der Waals surface area (Å²) in [6.07, 6.45) is 0.612. The fourth-order valence-corrected chi connectivity index (χ4v) is 3.17. The molecule has 1 atom stereocenters. The molecule has 2 amide bonds. The van der Waals surface area contributed by atoms with Crippen molar-refractivity contribution in [2.24, 2.45) is 0 Å². The molecule has 2 heterocycles. The smallest absolute Gasteiger partial charge is 0.287 e. The highest BCUT2D eigenvalue weighted by Crippen LogP contribution is 2.15. The number of para-hydroxylation sites is 1. The highest BCUT2D eigenvalue weighted by Gasteiger charge is 2.15. The molecule has 7 nitrogen and oxygen atoms in total. The monoisotopic (exact) mass is 444 g/mol. The van der Waals surface area contributed by atoms with Crippen LogP contribution < -0.4 is 10.6 Å². The predicted octanol–water partition coefficient (Wildman–Crippen LogP) is 3.01. The van der Waals surface area contributed by atoms with E-state index in [4.69, 9.17) is 4.42 Å². The van der Waals surface area contributed by atoms with Crippen LogP contribution in [0.15, 0.2) is 57.6 Å². The number of aryl methyl sites for hydroxylation is 1. The maximum Gasteiger partial charge on any atom is 0.287 e. The molecule has 1 aromatic carbocycles. The molecule has 28 heavy (non-hydrogen) atoms. The lowest BCUT2D eigenvalue weighted by molar-refractivity contribution is -0.120. The molecule has 0 aliphatic rings. The number of nitrogens with zero attached hydrogens (tertiary/aromatic N) is 2. The van der Waals surface area contributed by atoms with Crippen molar-refractivity contribution >= 4 is 27.7 Å². The van der Waals surface area contributed by atoms with Gasteiger partial charge < -0.3 is 15.1 Å². The van der Waals surface area contributed by atoms with Crippen molar-refractivity contribution in [1.29, 1.82) is 0 Å². The van der Waals surface area contributed by atoms with Gasteiger partial charge in [-0.3, -0.25) is 9.59 Å². The number of benzene rings is 1. The maximum atomic E-state index is 12.2. The van der Waals surface area contributed by atoms with E-state index in [1.54, 1.807) is 6.07 Å². The first-order chi connectivity index (χ1) is 13.4. The topological polar surface area (TPSA) is 89.2 Å². The van der Waals surface area contributed by atoms with Gasteiger partial charge in [-0.1, -0.05) is 18.2 Å². The molecule has 2 N–H and O–H groups in total. The number of nitrogens with one attached hydrogen (secondary N) is 2. The molecular weight excluding hydrogens is 424 g/mol. The minimum atomic E-state index is -0.439. The summed E-state index contributed by atoms with van der Waals surface area (Å²) in [6, 6.07) is 14.9. The van der Waals surface area contributed by atoms with E-state index in [0.29, 0.717) is 11.1 Å². The van der Waals surface area contributed by atoms with Gasteiger partial charge in [0, 0.05) is 18.2 Å². The predicted molar refractivity (Wildman–Crippen MR) is 108 cm³/mol. The van der Waals surface area contributed by atoms with Crippen LogP contribution in [0.5, 0.6) is 0 Å². The largest absolute Gasteiger partial charge is 0.444 e. The number of amides is 2. The Balaban J connectivity index is 1.55. The summed E-state index contributed by atoms with van der Waals surface area (Å²) in [4.78, 5) is 24.1. The van der Waals surface area contributed by atoms with Crippen LogP contribution >= 0.6 is 15.9 Å². The normalized spacial score (nSPS) is 11.8. The Kier molecular flexibility index (Phi) is 6.30. The van der Waals surface area contributed by atoms with Gasteiger partial charge in [0.25, 0.3) is 5.91 Å². The van der Waals surface area contributed by atoms with Crippen molar-refractivity contribution in [1.82, 2.24) is 20.4 Å². The number of carbonyl (C=O) groups is 2. The number of hydrogen-bond acceptors (Lipinski definition) is 4. The maximum absolute atomic E-state index is 12.2. The number of hydrogen-bond donors (Lipinski definition) is 2. The molecule has 3 rings (SSSR count). The van der Waals surface area contributed by atoms with Gasteiger partial charge in [-0.2, -0.15) is 5.10 Å². The molecule has 0 radical (unpaired) electrons. The lowest BCUT2D eigenvalue weighted by atomic mass is 10.1. The molecule has 0 unspecified atom stereocenters. The van der Waals surface area contributed by atoms with Crippen LogP contribution in [-0.4, -0.2) is 34.2 Å². The number of furan rings is 1. The molecule has 0 aliphatic heterocycles. The van der Waals surface area contributed by atoms with Crippen molar-refractivity contribution in [3.8, 4) is 5.69 Å². The minimum absolute atomic E-state index is 0.124. The van der Waals surface area contributed by atoms with Crippen molar-refractivity contribution in [3.05, 3.63) is 70.3 Å². The summed E-state index contributed by atoms with van der Waals surface area (Å²) in [6.45, 7) is 3.73. The summed E-state index contributed by atoms with van der Waals surface area (Å²) >= 11 is 3.14. The van der Waals surface area contributed by atoms with E-state index < -0.39 is 5.91 Å². The Morgan fingerprint density at radius 1 is 1.21 bits per heavy atom. The number of halogens is 1. The summed E-state index contributed by atoms with van der Waals surface area (Å²) in [5.74, 6) is -0.560. The lowest BCUT2D eigenvalue weighted by Gasteiger charge is -2.15. The lowest BCUT2D eigenvalue weighted by Crippen LogP contribution is -2.41. The van der Waals surface area contributed by atoms with Crippen molar-refractivity contribution in [2.45, 2.75) is 26.3 Å². The van der Waals surface area contributed by atoms with Crippen LogP contribution in [0.3, 0.4) is 0 Å². The number of rotatable bonds is 7. The summed E-state index contributed by atoms with van der Waals surface area (Å²) in [5, 5.41) is 9.97. The minimum Gasteiger partial charge on any atom is -0.444 e. The van der Waals surface area contributed by atoms with Crippen LogP contribution in [0.2, 0.25) is 0 Å². The van der Waals surface area contributed by atoms with Crippen LogP contribution in [0.4, 0.5) is 0 Å². The van der Waals surface area contributed by atoms with Gasteiger partial charge in [0.1, 0.15) is 0 Å². The summed E-state index contributed by atoms with van der Waals surface area (Å²) < 4.78 is 7.50. The van der Waals surface area contributed by atoms with Gasteiger partial charge >= 0.3 is 0 Å². The highest BCUT2D eigenvalue weighted by molar-refractivity contribution is 9.10. The third-order valence-corrected chi connectivity index (χ3v) is 4.46. The van der Waals surface area contributed by atoms with Crippen LogP contribution in [0, 0.1) is 6.92 Å². The van der Waals surface area contributed by atoms with Gasteiger partial charge in [-0.25, -0.2) is 4.68 Å². The van der Waals surface area contributed by atoms with Crippen molar-refractivity contribution in [3.63, 3.8) is 0 Å². The Morgan fingerprint density at radius 2 is 1.96 bits per heavy atom. The third-order valence-electron chi connectivity index (χ3n) is 4.04. The second kappa shape index (κ2) is 8.88. The SMILES string of the molecule is Cc1cc(C[C@H](C)NC(=O)CNC(=O)c2ccc(Br)o2)n(-c2ccccc2)n1. The molecule has 2 aromatic heterocycles. The van der Waals surface area contributed by atoms with Crippen molar-refractivity contribution in [2.75, 3.05) is 6.54 Å². The van der Waals surface area contributed by atoms with Gasteiger partial charge in [0.15, 0.2) is 10.4 Å². The van der Waals surface area contributed by atoms with E-state index in [0.717, 1.165) is 17.1 Å². The Bertz CT molecular complexity index is 965. The van der Waals surface area contributed by atoms with Crippen LogP contribution in [0.25, 0.3) is 5.69 Å². The fraction of sp³-hybridized carbons (Fsp3) is 0.250. The first kappa shape index (κ1) is 19.9. The van der Waals surface area contributed by atoms with E-state index in [1.165, 1.54) is 6.07 Å². The number of aromatic nitrogens is 2. The molecule has 3 aromatic rings. The zero-order valence-corrected chi connectivity index (χ0v) is 17.2. The zero-order chi connectivity index (χ0) is 20.1. The third kappa shape index (κ3) is 5.10. The van der Waals surface area contributed by atoms with E-state index in [1.807, 2.05) is 54.9 Å².